The van der Waals surface area contributed by atoms with E-state index in [1.165, 1.54) is 43.9 Å². The van der Waals surface area contributed by atoms with Gasteiger partial charge in [-0.1, -0.05) is 54.6 Å². The fourth-order valence-electron chi connectivity index (χ4n) is 6.85. The second-order valence-electron chi connectivity index (χ2n) is 10.3. The van der Waals surface area contributed by atoms with Gasteiger partial charge in [0.25, 0.3) is 0 Å². The van der Waals surface area contributed by atoms with Crippen molar-refractivity contribution in [2.45, 2.75) is 75.9 Å². The van der Waals surface area contributed by atoms with Gasteiger partial charge in [0, 0.05) is 23.7 Å². The molecule has 4 aliphatic rings. The second-order valence-corrected chi connectivity index (χ2v) is 10.3. The Morgan fingerprint density at radius 1 is 0.875 bits per heavy atom. The molecule has 2 heterocycles. The maximum Gasteiger partial charge on any atom is 0.248 e. The molecule has 3 heteroatoms. The van der Waals surface area contributed by atoms with Gasteiger partial charge < -0.3 is 5.32 Å². The lowest BCUT2D eigenvalue weighted by atomic mass is 9.83. The maximum atomic E-state index is 13.0. The molecule has 2 fully saturated rings. The van der Waals surface area contributed by atoms with E-state index in [0.29, 0.717) is 18.1 Å². The van der Waals surface area contributed by atoms with Gasteiger partial charge in [-0.3, -0.25) is 9.69 Å². The van der Waals surface area contributed by atoms with E-state index < -0.39 is 0 Å². The normalized spacial score (nSPS) is 28.7. The zero-order valence-electron chi connectivity index (χ0n) is 18.9. The SMILES string of the molecule is O=C(NC1CCC(CCN2[C@@H]3CC[C@H]2c2ccccc23)CC1)C1=c2ccccc2=CCC1. The summed E-state index contributed by atoms with van der Waals surface area (Å²) in [6.07, 6.45) is 12.8. The van der Waals surface area contributed by atoms with Gasteiger partial charge in [0.2, 0.25) is 5.91 Å². The zero-order valence-corrected chi connectivity index (χ0v) is 18.9. The number of carbonyl (C=O) groups is 1. The average molecular weight is 427 g/mol. The van der Waals surface area contributed by atoms with Crippen molar-refractivity contribution in [3.63, 3.8) is 0 Å². The highest BCUT2D eigenvalue weighted by Gasteiger charge is 2.43. The fraction of sp³-hybridized carbons (Fsp3) is 0.483. The molecule has 2 aromatic rings. The summed E-state index contributed by atoms with van der Waals surface area (Å²) in [7, 11) is 0. The van der Waals surface area contributed by atoms with Gasteiger partial charge in [0.15, 0.2) is 0 Å². The molecule has 2 aromatic carbocycles. The number of hydrogen-bond donors (Lipinski definition) is 1. The van der Waals surface area contributed by atoms with Crippen LogP contribution in [0.15, 0.2) is 48.5 Å². The van der Waals surface area contributed by atoms with Gasteiger partial charge in [0.1, 0.15) is 0 Å². The van der Waals surface area contributed by atoms with Gasteiger partial charge in [-0.15, -0.1) is 0 Å². The van der Waals surface area contributed by atoms with Crippen LogP contribution in [0.1, 0.15) is 81.0 Å². The van der Waals surface area contributed by atoms with Crippen molar-refractivity contribution in [3.8, 4) is 0 Å². The van der Waals surface area contributed by atoms with E-state index >= 15 is 0 Å². The summed E-state index contributed by atoms with van der Waals surface area (Å²) >= 11 is 0. The highest BCUT2D eigenvalue weighted by molar-refractivity contribution is 6.13. The van der Waals surface area contributed by atoms with Crippen LogP contribution in [-0.4, -0.2) is 23.4 Å². The first-order chi connectivity index (χ1) is 15.8. The first kappa shape index (κ1) is 20.2. The molecule has 2 atom stereocenters. The minimum atomic E-state index is 0.167. The van der Waals surface area contributed by atoms with Crippen LogP contribution in [0, 0.1) is 5.92 Å². The van der Waals surface area contributed by atoms with E-state index in [2.05, 4.69) is 58.8 Å². The molecule has 1 amide bonds. The van der Waals surface area contributed by atoms with Crippen molar-refractivity contribution >= 4 is 17.6 Å². The second kappa shape index (κ2) is 8.51. The Morgan fingerprint density at radius 3 is 2.31 bits per heavy atom. The fourth-order valence-corrected chi connectivity index (χ4v) is 6.85. The van der Waals surface area contributed by atoms with E-state index in [1.807, 2.05) is 6.07 Å². The summed E-state index contributed by atoms with van der Waals surface area (Å²) in [5.41, 5.74) is 4.17. The number of hydrogen-bond acceptors (Lipinski definition) is 2. The summed E-state index contributed by atoms with van der Waals surface area (Å²) in [6, 6.07) is 19.1. The van der Waals surface area contributed by atoms with E-state index in [-0.39, 0.29) is 5.91 Å². The molecule has 2 aliphatic carbocycles. The molecule has 0 aromatic heterocycles. The van der Waals surface area contributed by atoms with Crippen LogP contribution in [0.4, 0.5) is 0 Å². The van der Waals surface area contributed by atoms with E-state index in [1.54, 1.807) is 11.1 Å². The predicted molar refractivity (Wildman–Crippen MR) is 129 cm³/mol. The van der Waals surface area contributed by atoms with Crippen LogP contribution >= 0.6 is 0 Å². The summed E-state index contributed by atoms with van der Waals surface area (Å²) in [5, 5.41) is 5.73. The summed E-state index contributed by atoms with van der Waals surface area (Å²) < 4.78 is 0. The molecule has 2 bridgehead atoms. The number of nitrogens with one attached hydrogen (secondary N) is 1. The van der Waals surface area contributed by atoms with Crippen LogP contribution in [0.3, 0.4) is 0 Å². The van der Waals surface area contributed by atoms with E-state index in [9.17, 15) is 4.79 Å². The number of rotatable bonds is 5. The number of amides is 1. The standard InChI is InChI=1S/C29H34N2O/c32-29(26-11-5-7-21-6-1-2-8-23(21)26)30-22-14-12-20(13-15-22)18-19-31-27-16-17-28(31)25-10-4-3-9-24(25)27/h1-4,6-10,20,22,27-28H,5,11-19H2,(H,30,32)/t20?,22?,27-,28+. The molecule has 3 nitrogen and oxygen atoms in total. The number of carbonyl (C=O) groups excluding carboxylic acids is 1. The van der Waals surface area contributed by atoms with E-state index in [4.69, 9.17) is 0 Å². The molecule has 0 unspecified atom stereocenters. The van der Waals surface area contributed by atoms with Gasteiger partial charge in [0.05, 0.1) is 0 Å². The third-order valence-electron chi connectivity index (χ3n) is 8.52. The molecule has 1 saturated heterocycles. The minimum Gasteiger partial charge on any atom is -0.350 e. The molecule has 166 valence electrons. The number of fused-ring (bicyclic) bond motifs is 6. The van der Waals surface area contributed by atoms with Crippen molar-refractivity contribution in [2.75, 3.05) is 6.54 Å². The number of benzene rings is 2. The molecule has 6 rings (SSSR count). The summed E-state index contributed by atoms with van der Waals surface area (Å²) in [6.45, 7) is 1.23. The Kier molecular flexibility index (Phi) is 5.38. The Hall–Kier alpha value is -2.39. The van der Waals surface area contributed by atoms with Gasteiger partial charge in [-0.25, -0.2) is 0 Å². The molecule has 0 spiro atoms. The Morgan fingerprint density at radius 2 is 1.56 bits per heavy atom. The molecule has 32 heavy (non-hydrogen) atoms. The molecular weight excluding hydrogens is 392 g/mol. The summed E-state index contributed by atoms with van der Waals surface area (Å²) in [4.78, 5) is 15.8. The van der Waals surface area contributed by atoms with Crippen LogP contribution in [-0.2, 0) is 4.79 Å². The molecular formula is C29H34N2O. The third kappa shape index (κ3) is 3.61. The Labute approximate surface area is 191 Å². The monoisotopic (exact) mass is 426 g/mol. The van der Waals surface area contributed by atoms with Crippen molar-refractivity contribution < 1.29 is 4.79 Å². The molecule has 0 radical (unpaired) electrons. The van der Waals surface area contributed by atoms with Crippen molar-refractivity contribution in [3.05, 3.63) is 70.1 Å². The van der Waals surface area contributed by atoms with Crippen LogP contribution in [0.2, 0.25) is 0 Å². The topological polar surface area (TPSA) is 32.3 Å². The van der Waals surface area contributed by atoms with Crippen molar-refractivity contribution in [2.24, 2.45) is 5.92 Å². The Balaban J connectivity index is 1.02. The van der Waals surface area contributed by atoms with E-state index in [0.717, 1.165) is 42.4 Å². The minimum absolute atomic E-state index is 0.167. The van der Waals surface area contributed by atoms with Gasteiger partial charge >= 0.3 is 0 Å². The first-order valence-electron chi connectivity index (χ1n) is 12.7. The first-order valence-corrected chi connectivity index (χ1v) is 12.7. The number of nitrogens with zero attached hydrogens (tertiary/aromatic N) is 1. The highest BCUT2D eigenvalue weighted by atomic mass is 16.1. The lowest BCUT2D eigenvalue weighted by Gasteiger charge is -2.31. The summed E-state index contributed by atoms with van der Waals surface area (Å²) in [5.74, 6) is 0.976. The Bertz CT molecular complexity index is 1100. The largest absolute Gasteiger partial charge is 0.350 e. The van der Waals surface area contributed by atoms with Crippen LogP contribution in [0.25, 0.3) is 11.6 Å². The smallest absolute Gasteiger partial charge is 0.248 e. The van der Waals surface area contributed by atoms with Crippen molar-refractivity contribution in [1.29, 1.82) is 0 Å². The predicted octanol–water partition coefficient (Wildman–Crippen LogP) is 4.37. The third-order valence-corrected chi connectivity index (χ3v) is 8.52. The lowest BCUT2D eigenvalue weighted by molar-refractivity contribution is -0.116. The van der Waals surface area contributed by atoms with Gasteiger partial charge in [-0.2, -0.15) is 0 Å². The quantitative estimate of drug-likeness (QED) is 0.770. The zero-order chi connectivity index (χ0) is 21.5. The lowest BCUT2D eigenvalue weighted by Crippen LogP contribution is -2.42. The maximum absolute atomic E-state index is 13.0. The highest BCUT2D eigenvalue weighted by Crippen LogP contribution is 2.53. The molecule has 1 saturated carbocycles. The van der Waals surface area contributed by atoms with Crippen LogP contribution < -0.4 is 15.8 Å². The average Bonchev–Trinajstić information content (AvgIpc) is 3.39. The van der Waals surface area contributed by atoms with Gasteiger partial charge in [-0.05, 0) is 91.8 Å². The molecule has 1 N–H and O–H groups in total. The van der Waals surface area contributed by atoms with Crippen molar-refractivity contribution in [1.82, 2.24) is 10.2 Å². The van der Waals surface area contributed by atoms with Crippen LogP contribution in [0.5, 0.6) is 0 Å². The molecule has 2 aliphatic heterocycles.